The minimum Gasteiger partial charge on any atom is -0.339 e. The Morgan fingerprint density at radius 1 is 1.60 bits per heavy atom. The highest BCUT2D eigenvalue weighted by Crippen LogP contribution is 2.30. The average molecular weight is 307 g/mol. The van der Waals surface area contributed by atoms with E-state index < -0.39 is 11.9 Å². The second-order valence-corrected chi connectivity index (χ2v) is 5.97. The second kappa shape index (κ2) is 5.69. The van der Waals surface area contributed by atoms with Crippen molar-refractivity contribution in [3.63, 3.8) is 0 Å². The van der Waals surface area contributed by atoms with Crippen molar-refractivity contribution in [2.45, 2.75) is 19.6 Å². The molecule has 0 saturated carbocycles. The summed E-state index contributed by atoms with van der Waals surface area (Å²) in [7, 11) is 1.60. The lowest BCUT2D eigenvalue weighted by Gasteiger charge is -2.33. The second-order valence-electron chi connectivity index (χ2n) is 5.03. The molecule has 8 heteroatoms. The molecule has 0 radical (unpaired) electrons. The van der Waals surface area contributed by atoms with E-state index in [0.717, 1.165) is 29.8 Å². The van der Waals surface area contributed by atoms with Gasteiger partial charge in [0.05, 0.1) is 6.54 Å². The van der Waals surface area contributed by atoms with Gasteiger partial charge in [0.25, 0.3) is 0 Å². The maximum absolute atomic E-state index is 12.4. The monoisotopic (exact) mass is 307 g/mol. The zero-order chi connectivity index (χ0) is 14.9. The molecule has 4 nitrogen and oxygen atoms in total. The molecule has 1 unspecified atom stereocenters. The van der Waals surface area contributed by atoms with E-state index in [0.29, 0.717) is 10.9 Å². The van der Waals surface area contributed by atoms with Gasteiger partial charge in [0, 0.05) is 18.3 Å². The van der Waals surface area contributed by atoms with Crippen LogP contribution in [-0.2, 0) is 17.5 Å². The molecule has 112 valence electrons. The van der Waals surface area contributed by atoms with Crippen molar-refractivity contribution >= 4 is 17.2 Å². The fraction of sp³-hybridized carbons (Fsp3) is 0.667. The van der Waals surface area contributed by atoms with Crippen LogP contribution in [0.5, 0.6) is 0 Å². The molecule has 1 aromatic heterocycles. The van der Waals surface area contributed by atoms with Gasteiger partial charge in [-0.1, -0.05) is 6.92 Å². The number of aromatic nitrogens is 1. The molecule has 2 heterocycles. The van der Waals surface area contributed by atoms with Crippen molar-refractivity contribution in [1.82, 2.24) is 15.2 Å². The van der Waals surface area contributed by atoms with Gasteiger partial charge in [0.1, 0.15) is 5.01 Å². The van der Waals surface area contributed by atoms with Crippen LogP contribution in [0, 0.1) is 11.8 Å². The number of hydrogen-bond donors (Lipinski definition) is 1. The number of rotatable bonds is 4. The molecule has 0 bridgehead atoms. The maximum Gasteiger partial charge on any atom is 0.434 e. The lowest BCUT2D eigenvalue weighted by molar-refractivity contribution is -0.140. The van der Waals surface area contributed by atoms with Crippen LogP contribution in [0.2, 0.25) is 0 Å². The van der Waals surface area contributed by atoms with E-state index in [2.05, 4.69) is 10.3 Å². The number of nitrogens with zero attached hydrogens (tertiary/aromatic N) is 2. The van der Waals surface area contributed by atoms with Gasteiger partial charge in [-0.2, -0.15) is 13.2 Å². The lowest BCUT2D eigenvalue weighted by atomic mass is 9.88. The van der Waals surface area contributed by atoms with Crippen LogP contribution < -0.4 is 5.32 Å². The van der Waals surface area contributed by atoms with Gasteiger partial charge < -0.3 is 10.2 Å². The number of carbonyl (C=O) groups excluding carboxylic acids is 1. The van der Waals surface area contributed by atoms with E-state index in [1.807, 2.05) is 6.92 Å². The van der Waals surface area contributed by atoms with Crippen molar-refractivity contribution in [2.75, 3.05) is 20.1 Å². The summed E-state index contributed by atoms with van der Waals surface area (Å²) in [5, 5.41) is 4.38. The summed E-state index contributed by atoms with van der Waals surface area (Å²) in [6.45, 7) is 3.60. The number of carbonyl (C=O) groups is 1. The number of halogens is 3. The molecule has 2 rings (SSSR count). The minimum atomic E-state index is -4.43. The third-order valence-electron chi connectivity index (χ3n) is 3.50. The Labute approximate surface area is 119 Å². The van der Waals surface area contributed by atoms with Gasteiger partial charge in [0.2, 0.25) is 5.91 Å². The smallest absolute Gasteiger partial charge is 0.339 e. The van der Waals surface area contributed by atoms with Crippen LogP contribution >= 0.6 is 11.3 Å². The molecule has 0 aliphatic carbocycles. The van der Waals surface area contributed by atoms with E-state index >= 15 is 0 Å². The number of amides is 1. The first-order chi connectivity index (χ1) is 9.29. The van der Waals surface area contributed by atoms with Crippen molar-refractivity contribution in [2.24, 2.45) is 11.8 Å². The summed E-state index contributed by atoms with van der Waals surface area (Å²) in [6.07, 6.45) is -4.43. The highest BCUT2D eigenvalue weighted by molar-refractivity contribution is 7.09. The zero-order valence-electron chi connectivity index (χ0n) is 11.2. The molecule has 1 N–H and O–H groups in total. The SMILES string of the molecule is CC(C(=O)N(C)Cc1nc(C(F)(F)F)cs1)C1CNC1. The fourth-order valence-electron chi connectivity index (χ4n) is 2.01. The van der Waals surface area contributed by atoms with Crippen LogP contribution in [0.1, 0.15) is 17.6 Å². The van der Waals surface area contributed by atoms with Gasteiger partial charge in [-0.25, -0.2) is 4.98 Å². The molecular formula is C12H16F3N3OS. The molecule has 1 aliphatic heterocycles. The summed E-state index contributed by atoms with van der Waals surface area (Å²) < 4.78 is 37.3. The first kappa shape index (κ1) is 15.2. The Morgan fingerprint density at radius 2 is 2.25 bits per heavy atom. The number of hydrogen-bond acceptors (Lipinski definition) is 4. The number of nitrogens with one attached hydrogen (secondary N) is 1. The fourth-order valence-corrected chi connectivity index (χ4v) is 2.86. The topological polar surface area (TPSA) is 45.2 Å². The van der Waals surface area contributed by atoms with Crippen LogP contribution in [0.3, 0.4) is 0 Å². The predicted octanol–water partition coefficient (Wildman–Crippen LogP) is 1.98. The Morgan fingerprint density at radius 3 is 2.70 bits per heavy atom. The standard InChI is InChI=1S/C12H16F3N3OS/c1-7(8-3-16-4-8)11(19)18(2)5-10-17-9(6-20-10)12(13,14)15/h6-8,16H,3-5H2,1-2H3. The lowest BCUT2D eigenvalue weighted by Crippen LogP contribution is -2.49. The molecule has 1 fully saturated rings. The number of thiazole rings is 1. The summed E-state index contributed by atoms with van der Waals surface area (Å²) >= 11 is 0.925. The van der Waals surface area contributed by atoms with Gasteiger partial charge in [-0.3, -0.25) is 4.79 Å². The molecule has 1 atom stereocenters. The van der Waals surface area contributed by atoms with Gasteiger partial charge in [0.15, 0.2) is 5.69 Å². The Balaban J connectivity index is 1.95. The Bertz CT molecular complexity index is 485. The predicted molar refractivity (Wildman–Crippen MR) is 69.1 cm³/mol. The van der Waals surface area contributed by atoms with Gasteiger partial charge >= 0.3 is 6.18 Å². The van der Waals surface area contributed by atoms with Crippen molar-refractivity contribution in [1.29, 1.82) is 0 Å². The van der Waals surface area contributed by atoms with E-state index in [4.69, 9.17) is 0 Å². The van der Waals surface area contributed by atoms with Crippen molar-refractivity contribution < 1.29 is 18.0 Å². The van der Waals surface area contributed by atoms with Crippen LogP contribution in [0.4, 0.5) is 13.2 Å². The first-order valence-electron chi connectivity index (χ1n) is 6.26. The highest BCUT2D eigenvalue weighted by Gasteiger charge is 2.34. The molecule has 1 amide bonds. The van der Waals surface area contributed by atoms with E-state index in [1.54, 1.807) is 7.05 Å². The Kier molecular flexibility index (Phi) is 4.33. The van der Waals surface area contributed by atoms with E-state index in [1.165, 1.54) is 4.90 Å². The molecule has 0 aromatic carbocycles. The largest absolute Gasteiger partial charge is 0.434 e. The van der Waals surface area contributed by atoms with Crippen molar-refractivity contribution in [3.05, 3.63) is 16.1 Å². The molecule has 1 aromatic rings. The van der Waals surface area contributed by atoms with Crippen molar-refractivity contribution in [3.8, 4) is 0 Å². The zero-order valence-corrected chi connectivity index (χ0v) is 12.0. The molecule has 1 aliphatic rings. The van der Waals surface area contributed by atoms with Crippen LogP contribution in [-0.4, -0.2) is 35.9 Å². The average Bonchev–Trinajstić information content (AvgIpc) is 2.73. The summed E-state index contributed by atoms with van der Waals surface area (Å²) in [6, 6.07) is 0. The van der Waals surface area contributed by atoms with E-state index in [9.17, 15) is 18.0 Å². The molecular weight excluding hydrogens is 291 g/mol. The van der Waals surface area contributed by atoms with E-state index in [-0.39, 0.29) is 18.4 Å². The maximum atomic E-state index is 12.4. The number of alkyl halides is 3. The normalized spacial score (nSPS) is 17.6. The molecule has 20 heavy (non-hydrogen) atoms. The molecule has 0 spiro atoms. The Hall–Kier alpha value is -1.15. The minimum absolute atomic E-state index is 0.0553. The summed E-state index contributed by atoms with van der Waals surface area (Å²) in [5.74, 6) is 0.135. The quantitative estimate of drug-likeness (QED) is 0.925. The highest BCUT2D eigenvalue weighted by atomic mass is 32.1. The van der Waals surface area contributed by atoms with Crippen LogP contribution in [0.15, 0.2) is 5.38 Å². The summed E-state index contributed by atoms with van der Waals surface area (Å²) in [5.41, 5.74) is -0.894. The van der Waals surface area contributed by atoms with Crippen LogP contribution in [0.25, 0.3) is 0 Å². The van der Waals surface area contributed by atoms with Gasteiger partial charge in [-0.05, 0) is 19.0 Å². The first-order valence-corrected chi connectivity index (χ1v) is 7.14. The summed E-state index contributed by atoms with van der Waals surface area (Å²) in [4.78, 5) is 17.1. The third kappa shape index (κ3) is 3.29. The third-order valence-corrected chi connectivity index (χ3v) is 4.33. The molecule has 1 saturated heterocycles. The van der Waals surface area contributed by atoms with Gasteiger partial charge in [-0.15, -0.1) is 11.3 Å².